The molecule has 0 nitrogen and oxygen atoms in total. The lowest BCUT2D eigenvalue weighted by atomic mass is 9.78. The minimum absolute atomic E-state index is 0.207. The Morgan fingerprint density at radius 1 is 0.818 bits per heavy atom. The average Bonchev–Trinajstić information content (AvgIpc) is 2.87. The highest BCUT2D eigenvalue weighted by molar-refractivity contribution is 5.85. The van der Waals surface area contributed by atoms with Gasteiger partial charge in [-0.1, -0.05) is 87.8 Å². The molecule has 0 radical (unpaired) electrons. The molecule has 1 saturated carbocycles. The van der Waals surface area contributed by atoms with Crippen LogP contribution in [0.5, 0.6) is 0 Å². The lowest BCUT2D eigenvalue weighted by Crippen LogP contribution is -2.12. The Bertz CT molecular complexity index is 1100. The molecule has 1 heteroatoms. The molecule has 172 valence electrons. The van der Waals surface area contributed by atoms with Crippen LogP contribution in [0.1, 0.15) is 99.8 Å². The van der Waals surface area contributed by atoms with Gasteiger partial charge in [-0.3, -0.25) is 0 Å². The summed E-state index contributed by atoms with van der Waals surface area (Å²) in [7, 11) is 0. The topological polar surface area (TPSA) is 0 Å². The second-order valence-electron chi connectivity index (χ2n) is 9.79. The van der Waals surface area contributed by atoms with E-state index in [1.807, 2.05) is 18.2 Å². The van der Waals surface area contributed by atoms with Crippen molar-refractivity contribution in [3.8, 4) is 11.8 Å². The van der Waals surface area contributed by atoms with Crippen molar-refractivity contribution >= 4 is 10.8 Å². The third-order valence-electron chi connectivity index (χ3n) is 7.49. The zero-order valence-electron chi connectivity index (χ0n) is 20.3. The van der Waals surface area contributed by atoms with Crippen LogP contribution >= 0.6 is 0 Å². The fourth-order valence-corrected chi connectivity index (χ4v) is 5.23. The fourth-order valence-electron chi connectivity index (χ4n) is 5.23. The van der Waals surface area contributed by atoms with Crippen molar-refractivity contribution in [2.45, 2.75) is 84.0 Å². The standard InChI is InChI=1S/C32H37F/c1-3-5-6-7-8-26-14-22-31-30(23-26)21-20-29(32(31)33)19-13-25-11-17-28(18-12-25)27-15-9-24(4-2)10-16-27/h11-12,14,17-18,20-24,27H,3-10,15-16H2,1-2H3. The highest BCUT2D eigenvalue weighted by Gasteiger charge is 2.21. The summed E-state index contributed by atoms with van der Waals surface area (Å²) < 4.78 is 15.1. The van der Waals surface area contributed by atoms with Crippen molar-refractivity contribution < 1.29 is 4.39 Å². The van der Waals surface area contributed by atoms with Gasteiger partial charge in [0.1, 0.15) is 5.82 Å². The lowest BCUT2D eigenvalue weighted by Gasteiger charge is -2.28. The summed E-state index contributed by atoms with van der Waals surface area (Å²) >= 11 is 0. The molecule has 1 aliphatic carbocycles. The fraction of sp³-hybridized carbons (Fsp3) is 0.438. The maximum absolute atomic E-state index is 15.1. The minimum atomic E-state index is -0.207. The number of halogens is 1. The summed E-state index contributed by atoms with van der Waals surface area (Å²) in [5.41, 5.74) is 4.14. The van der Waals surface area contributed by atoms with E-state index in [1.54, 1.807) is 0 Å². The Labute approximate surface area is 199 Å². The van der Waals surface area contributed by atoms with Crippen molar-refractivity contribution in [3.05, 3.63) is 82.7 Å². The molecule has 0 spiro atoms. The SMILES string of the molecule is CCCCCCc1ccc2c(F)c(C#Cc3ccc(C4CCC(CC)CC4)cc3)ccc2c1. The number of fused-ring (bicyclic) bond motifs is 1. The molecule has 1 aliphatic rings. The molecular weight excluding hydrogens is 403 g/mol. The van der Waals surface area contributed by atoms with Gasteiger partial charge >= 0.3 is 0 Å². The zero-order valence-corrected chi connectivity index (χ0v) is 20.3. The van der Waals surface area contributed by atoms with Crippen LogP contribution in [0.2, 0.25) is 0 Å². The molecule has 0 unspecified atom stereocenters. The molecule has 1 fully saturated rings. The van der Waals surface area contributed by atoms with Crippen LogP contribution in [0.25, 0.3) is 10.8 Å². The first-order valence-electron chi connectivity index (χ1n) is 13.0. The zero-order chi connectivity index (χ0) is 23.0. The first-order valence-corrected chi connectivity index (χ1v) is 13.0. The summed E-state index contributed by atoms with van der Waals surface area (Å²) in [5.74, 6) is 7.64. The van der Waals surface area contributed by atoms with E-state index >= 15 is 4.39 Å². The molecule has 0 saturated heterocycles. The predicted octanol–water partition coefficient (Wildman–Crippen LogP) is 9.19. The second kappa shape index (κ2) is 11.5. The van der Waals surface area contributed by atoms with Crippen molar-refractivity contribution in [1.82, 2.24) is 0 Å². The van der Waals surface area contributed by atoms with Gasteiger partial charge in [-0.2, -0.15) is 0 Å². The Hall–Kier alpha value is -2.59. The lowest BCUT2D eigenvalue weighted by molar-refractivity contribution is 0.319. The van der Waals surface area contributed by atoms with Crippen LogP contribution < -0.4 is 0 Å². The quantitative estimate of drug-likeness (QED) is 0.254. The van der Waals surface area contributed by atoms with E-state index in [4.69, 9.17) is 0 Å². The van der Waals surface area contributed by atoms with Crippen molar-refractivity contribution in [3.63, 3.8) is 0 Å². The van der Waals surface area contributed by atoms with Crippen LogP contribution in [0.4, 0.5) is 4.39 Å². The van der Waals surface area contributed by atoms with Gasteiger partial charge in [-0.05, 0) is 85.1 Å². The van der Waals surface area contributed by atoms with Crippen LogP contribution in [-0.4, -0.2) is 0 Å². The Morgan fingerprint density at radius 2 is 1.61 bits per heavy atom. The third kappa shape index (κ3) is 6.05. The molecule has 0 aromatic heterocycles. The summed E-state index contributed by atoms with van der Waals surface area (Å²) in [6, 6.07) is 18.6. The van der Waals surface area contributed by atoms with E-state index in [0.717, 1.165) is 23.3 Å². The molecule has 0 bridgehead atoms. The summed E-state index contributed by atoms with van der Waals surface area (Å²) in [6.45, 7) is 4.54. The van der Waals surface area contributed by atoms with E-state index < -0.39 is 0 Å². The number of hydrogen-bond acceptors (Lipinski definition) is 0. The first kappa shape index (κ1) is 23.6. The van der Waals surface area contributed by atoms with Crippen LogP contribution in [-0.2, 0) is 6.42 Å². The van der Waals surface area contributed by atoms with Crippen LogP contribution in [0.15, 0.2) is 54.6 Å². The summed E-state index contributed by atoms with van der Waals surface area (Å²) in [5, 5.41) is 1.63. The molecule has 33 heavy (non-hydrogen) atoms. The van der Waals surface area contributed by atoms with Gasteiger partial charge in [0.2, 0.25) is 0 Å². The smallest absolute Gasteiger partial charge is 0.146 e. The molecule has 0 atom stereocenters. The van der Waals surface area contributed by atoms with E-state index in [1.165, 1.54) is 68.9 Å². The summed E-state index contributed by atoms with van der Waals surface area (Å²) in [6.07, 6.45) is 12.7. The predicted molar refractivity (Wildman–Crippen MR) is 139 cm³/mol. The summed E-state index contributed by atoms with van der Waals surface area (Å²) in [4.78, 5) is 0. The molecule has 0 N–H and O–H groups in total. The number of rotatable bonds is 7. The first-order chi connectivity index (χ1) is 16.2. The van der Waals surface area contributed by atoms with Crippen molar-refractivity contribution in [2.24, 2.45) is 5.92 Å². The number of aryl methyl sites for hydroxylation is 1. The maximum Gasteiger partial charge on any atom is 0.146 e. The number of unbranched alkanes of at least 4 members (excludes halogenated alkanes) is 3. The number of hydrogen-bond donors (Lipinski definition) is 0. The minimum Gasteiger partial charge on any atom is -0.205 e. The van der Waals surface area contributed by atoms with Crippen molar-refractivity contribution in [2.75, 3.05) is 0 Å². The van der Waals surface area contributed by atoms with E-state index in [2.05, 4.69) is 62.1 Å². The van der Waals surface area contributed by atoms with Gasteiger partial charge in [0.15, 0.2) is 0 Å². The molecule has 0 aliphatic heterocycles. The van der Waals surface area contributed by atoms with Crippen LogP contribution in [0.3, 0.4) is 0 Å². The Kier molecular flexibility index (Phi) is 8.22. The third-order valence-corrected chi connectivity index (χ3v) is 7.49. The Morgan fingerprint density at radius 3 is 2.33 bits per heavy atom. The van der Waals surface area contributed by atoms with E-state index in [0.29, 0.717) is 16.9 Å². The van der Waals surface area contributed by atoms with Gasteiger partial charge in [-0.25, -0.2) is 4.39 Å². The molecule has 4 rings (SSSR count). The molecule has 3 aromatic carbocycles. The van der Waals surface area contributed by atoms with E-state index in [-0.39, 0.29) is 5.82 Å². The molecule has 0 amide bonds. The van der Waals surface area contributed by atoms with Gasteiger partial charge in [-0.15, -0.1) is 0 Å². The highest BCUT2D eigenvalue weighted by atomic mass is 19.1. The molecular formula is C32H37F. The maximum atomic E-state index is 15.1. The van der Waals surface area contributed by atoms with Gasteiger partial charge in [0.25, 0.3) is 0 Å². The van der Waals surface area contributed by atoms with E-state index in [9.17, 15) is 0 Å². The molecule has 0 heterocycles. The highest BCUT2D eigenvalue weighted by Crippen LogP contribution is 2.36. The van der Waals surface area contributed by atoms with Gasteiger partial charge < -0.3 is 0 Å². The van der Waals surface area contributed by atoms with Crippen molar-refractivity contribution in [1.29, 1.82) is 0 Å². The molecule has 3 aromatic rings. The normalized spacial score (nSPS) is 18.2. The Balaban J connectivity index is 1.43. The largest absolute Gasteiger partial charge is 0.205 e. The second-order valence-corrected chi connectivity index (χ2v) is 9.79. The monoisotopic (exact) mass is 440 g/mol. The van der Waals surface area contributed by atoms with Crippen LogP contribution in [0, 0.1) is 23.6 Å². The average molecular weight is 441 g/mol. The number of benzene rings is 3. The van der Waals surface area contributed by atoms with Gasteiger partial charge in [0.05, 0.1) is 5.56 Å². The van der Waals surface area contributed by atoms with Gasteiger partial charge in [0, 0.05) is 10.9 Å².